The standard InChI is InChI=1S/C30H30N4O3/c1-31-30(36)24-15-13-23(14-16-24)19-33(2)28(35)18-17-25-21-34(20-22-9-5-4-6-10-22)32-29(25)26-11-7-8-12-27(26)37-3/h4-18,21H,19-20H2,1-3H3,(H,31,36)/b18-17+. The first-order chi connectivity index (χ1) is 18.0. The molecule has 0 fully saturated rings. The fourth-order valence-corrected chi connectivity index (χ4v) is 4.01. The maximum atomic E-state index is 12.9. The van der Waals surface area contributed by atoms with E-state index in [9.17, 15) is 9.59 Å². The summed E-state index contributed by atoms with van der Waals surface area (Å²) in [7, 11) is 4.98. The predicted molar refractivity (Wildman–Crippen MR) is 145 cm³/mol. The Morgan fingerprint density at radius 3 is 2.38 bits per heavy atom. The first-order valence-corrected chi connectivity index (χ1v) is 12.0. The number of likely N-dealkylation sites (N-methyl/N-ethyl adjacent to an activating group) is 1. The van der Waals surface area contributed by atoms with Crippen LogP contribution in [0.4, 0.5) is 0 Å². The van der Waals surface area contributed by atoms with E-state index in [1.807, 2.05) is 65.5 Å². The Bertz CT molecular complexity index is 1390. The molecule has 0 unspecified atom stereocenters. The minimum atomic E-state index is -0.142. The van der Waals surface area contributed by atoms with Crippen LogP contribution in [-0.4, -0.2) is 47.7 Å². The molecule has 0 radical (unpaired) electrons. The fraction of sp³-hybridized carbons (Fsp3) is 0.167. The molecule has 7 nitrogen and oxygen atoms in total. The van der Waals surface area contributed by atoms with Gasteiger partial charge < -0.3 is 15.0 Å². The topological polar surface area (TPSA) is 76.5 Å². The van der Waals surface area contributed by atoms with E-state index in [0.29, 0.717) is 24.4 Å². The summed E-state index contributed by atoms with van der Waals surface area (Å²) >= 11 is 0. The molecule has 37 heavy (non-hydrogen) atoms. The van der Waals surface area contributed by atoms with Crippen molar-refractivity contribution >= 4 is 17.9 Å². The lowest BCUT2D eigenvalue weighted by Crippen LogP contribution is -2.24. The molecule has 1 aromatic heterocycles. The molecule has 188 valence electrons. The number of nitrogens with one attached hydrogen (secondary N) is 1. The number of benzene rings is 3. The molecular formula is C30H30N4O3. The van der Waals surface area contributed by atoms with Crippen LogP contribution in [0.2, 0.25) is 0 Å². The summed E-state index contributed by atoms with van der Waals surface area (Å²) in [5, 5.41) is 7.44. The number of rotatable bonds is 9. The van der Waals surface area contributed by atoms with Crippen molar-refractivity contribution in [3.63, 3.8) is 0 Å². The highest BCUT2D eigenvalue weighted by atomic mass is 16.5. The minimum absolute atomic E-state index is 0.141. The van der Waals surface area contributed by atoms with Gasteiger partial charge in [-0.15, -0.1) is 0 Å². The van der Waals surface area contributed by atoms with Gasteiger partial charge in [-0.3, -0.25) is 14.3 Å². The van der Waals surface area contributed by atoms with E-state index in [4.69, 9.17) is 9.84 Å². The van der Waals surface area contributed by atoms with Gasteiger partial charge in [0.2, 0.25) is 5.91 Å². The lowest BCUT2D eigenvalue weighted by molar-refractivity contribution is -0.125. The molecule has 0 atom stereocenters. The Morgan fingerprint density at radius 1 is 0.973 bits per heavy atom. The molecule has 0 aliphatic rings. The fourth-order valence-electron chi connectivity index (χ4n) is 4.01. The smallest absolute Gasteiger partial charge is 0.251 e. The summed E-state index contributed by atoms with van der Waals surface area (Å²) in [6.45, 7) is 1.03. The van der Waals surface area contributed by atoms with Gasteiger partial charge >= 0.3 is 0 Å². The van der Waals surface area contributed by atoms with Crippen molar-refractivity contribution in [1.82, 2.24) is 20.0 Å². The van der Waals surface area contributed by atoms with Gasteiger partial charge in [-0.05, 0) is 41.5 Å². The molecule has 2 amide bonds. The molecular weight excluding hydrogens is 464 g/mol. The van der Waals surface area contributed by atoms with E-state index in [2.05, 4.69) is 17.4 Å². The number of amides is 2. The van der Waals surface area contributed by atoms with Crippen LogP contribution in [0.5, 0.6) is 5.75 Å². The molecule has 4 aromatic rings. The van der Waals surface area contributed by atoms with Crippen molar-refractivity contribution < 1.29 is 14.3 Å². The number of nitrogens with zero attached hydrogens (tertiary/aromatic N) is 3. The van der Waals surface area contributed by atoms with Gasteiger partial charge in [0.15, 0.2) is 0 Å². The highest BCUT2D eigenvalue weighted by molar-refractivity contribution is 5.94. The molecule has 0 spiro atoms. The van der Waals surface area contributed by atoms with Gasteiger partial charge in [-0.25, -0.2) is 0 Å². The SMILES string of the molecule is CNC(=O)c1ccc(CN(C)C(=O)/C=C/c2cn(Cc3ccccc3)nc2-c2ccccc2OC)cc1. The van der Waals surface area contributed by atoms with Crippen LogP contribution in [0, 0.1) is 0 Å². The highest BCUT2D eigenvalue weighted by Crippen LogP contribution is 2.31. The zero-order valence-corrected chi connectivity index (χ0v) is 21.2. The highest BCUT2D eigenvalue weighted by Gasteiger charge is 2.15. The largest absolute Gasteiger partial charge is 0.496 e. The summed E-state index contributed by atoms with van der Waals surface area (Å²) < 4.78 is 7.44. The molecule has 0 bridgehead atoms. The van der Waals surface area contributed by atoms with E-state index >= 15 is 0 Å². The van der Waals surface area contributed by atoms with Gasteiger partial charge in [0.05, 0.1) is 13.7 Å². The lowest BCUT2D eigenvalue weighted by Gasteiger charge is -2.15. The number of aromatic nitrogens is 2. The van der Waals surface area contributed by atoms with Crippen molar-refractivity contribution in [2.24, 2.45) is 0 Å². The normalized spacial score (nSPS) is 10.9. The average molecular weight is 495 g/mol. The summed E-state index contributed by atoms with van der Waals surface area (Å²) in [4.78, 5) is 26.3. The van der Waals surface area contributed by atoms with E-state index in [-0.39, 0.29) is 11.8 Å². The third kappa shape index (κ3) is 6.32. The molecule has 0 aliphatic heterocycles. The number of hydrogen-bond acceptors (Lipinski definition) is 4. The second kappa shape index (κ2) is 11.9. The first-order valence-electron chi connectivity index (χ1n) is 12.0. The molecule has 0 saturated carbocycles. The van der Waals surface area contributed by atoms with Crippen molar-refractivity contribution in [3.05, 3.63) is 113 Å². The van der Waals surface area contributed by atoms with Gasteiger partial charge in [-0.2, -0.15) is 5.10 Å². The summed E-state index contributed by atoms with van der Waals surface area (Å²) in [5.74, 6) is 0.431. The average Bonchev–Trinajstić information content (AvgIpc) is 3.34. The summed E-state index contributed by atoms with van der Waals surface area (Å²) in [5.41, 5.74) is 5.06. The zero-order chi connectivity index (χ0) is 26.2. The maximum absolute atomic E-state index is 12.9. The van der Waals surface area contributed by atoms with Crippen molar-refractivity contribution in [2.75, 3.05) is 21.2 Å². The van der Waals surface area contributed by atoms with E-state index in [0.717, 1.165) is 27.9 Å². The van der Waals surface area contributed by atoms with E-state index < -0.39 is 0 Å². The van der Waals surface area contributed by atoms with Gasteiger partial charge in [0.1, 0.15) is 11.4 Å². The Morgan fingerprint density at radius 2 is 1.68 bits per heavy atom. The van der Waals surface area contributed by atoms with Crippen LogP contribution in [0.1, 0.15) is 27.0 Å². The Hall–Kier alpha value is -4.65. The minimum Gasteiger partial charge on any atom is -0.496 e. The molecule has 1 heterocycles. The van der Waals surface area contributed by atoms with Crippen molar-refractivity contribution in [1.29, 1.82) is 0 Å². The van der Waals surface area contributed by atoms with Gasteiger partial charge in [0, 0.05) is 49.6 Å². The molecule has 1 N–H and O–H groups in total. The zero-order valence-electron chi connectivity index (χ0n) is 21.2. The number of para-hydroxylation sites is 1. The second-order valence-corrected chi connectivity index (χ2v) is 8.62. The van der Waals surface area contributed by atoms with Crippen LogP contribution >= 0.6 is 0 Å². The van der Waals surface area contributed by atoms with E-state index in [1.165, 1.54) is 0 Å². The molecule has 7 heteroatoms. The monoisotopic (exact) mass is 494 g/mol. The third-order valence-corrected chi connectivity index (χ3v) is 5.98. The second-order valence-electron chi connectivity index (χ2n) is 8.62. The number of ether oxygens (including phenoxy) is 1. The van der Waals surface area contributed by atoms with E-state index in [1.54, 1.807) is 50.4 Å². The number of carbonyl (C=O) groups excluding carboxylic acids is 2. The van der Waals surface area contributed by atoms with Crippen LogP contribution in [-0.2, 0) is 17.9 Å². The molecule has 3 aromatic carbocycles. The quantitative estimate of drug-likeness (QED) is 0.344. The Balaban J connectivity index is 1.55. The summed E-state index contributed by atoms with van der Waals surface area (Å²) in [6, 6.07) is 25.0. The van der Waals surface area contributed by atoms with Gasteiger partial charge in [-0.1, -0.05) is 54.6 Å². The first kappa shape index (κ1) is 25.4. The van der Waals surface area contributed by atoms with Crippen molar-refractivity contribution in [3.8, 4) is 17.0 Å². The Kier molecular flexibility index (Phi) is 8.15. The maximum Gasteiger partial charge on any atom is 0.251 e. The van der Waals surface area contributed by atoms with Crippen LogP contribution in [0.3, 0.4) is 0 Å². The number of methoxy groups -OCH3 is 1. The number of carbonyl (C=O) groups is 2. The van der Waals surface area contributed by atoms with Crippen molar-refractivity contribution in [2.45, 2.75) is 13.1 Å². The lowest BCUT2D eigenvalue weighted by atomic mass is 10.1. The predicted octanol–water partition coefficient (Wildman–Crippen LogP) is 4.64. The van der Waals surface area contributed by atoms with Crippen LogP contribution in [0.25, 0.3) is 17.3 Å². The number of hydrogen-bond donors (Lipinski definition) is 1. The van der Waals surface area contributed by atoms with Crippen LogP contribution < -0.4 is 10.1 Å². The summed E-state index contributed by atoms with van der Waals surface area (Å²) in [6.07, 6.45) is 5.29. The molecule has 0 aliphatic carbocycles. The molecule has 0 saturated heterocycles. The Labute approximate surface area is 217 Å². The third-order valence-electron chi connectivity index (χ3n) is 5.98. The van der Waals surface area contributed by atoms with Crippen LogP contribution in [0.15, 0.2) is 91.1 Å². The van der Waals surface area contributed by atoms with Gasteiger partial charge in [0.25, 0.3) is 5.91 Å². The molecule has 4 rings (SSSR count).